The van der Waals surface area contributed by atoms with Gasteiger partial charge in [-0.15, -0.1) is 0 Å². The monoisotopic (exact) mass is 386 g/mol. The summed E-state index contributed by atoms with van der Waals surface area (Å²) in [5, 5.41) is 0. The summed E-state index contributed by atoms with van der Waals surface area (Å²) in [6.45, 7) is 4.80. The topological polar surface area (TPSA) is 85.9 Å². The van der Waals surface area contributed by atoms with Crippen LogP contribution in [0.25, 0.3) is 0 Å². The van der Waals surface area contributed by atoms with Crippen molar-refractivity contribution in [3.05, 3.63) is 53.6 Å². The summed E-state index contributed by atoms with van der Waals surface area (Å²) in [4.78, 5) is 24.6. The summed E-state index contributed by atoms with van der Waals surface area (Å²) in [7, 11) is 2.98. The Labute approximate surface area is 165 Å². The zero-order valence-corrected chi connectivity index (χ0v) is 16.6. The highest BCUT2D eigenvalue weighted by atomic mass is 16.5. The molecule has 0 unspecified atom stereocenters. The van der Waals surface area contributed by atoms with Crippen LogP contribution in [0.5, 0.6) is 17.2 Å². The van der Waals surface area contributed by atoms with Gasteiger partial charge in [-0.2, -0.15) is 0 Å². The number of para-hydroxylation sites is 1. The summed E-state index contributed by atoms with van der Waals surface area (Å²) in [6, 6.07) is 11.6. The van der Waals surface area contributed by atoms with Gasteiger partial charge in [0.05, 0.1) is 26.4 Å². The Kier molecular flexibility index (Phi) is 7.68. The third kappa shape index (κ3) is 5.64. The molecular weight excluding hydrogens is 360 g/mol. The Morgan fingerprint density at radius 2 is 1.57 bits per heavy atom. The molecule has 0 heterocycles. The molecule has 2 aromatic carbocycles. The Morgan fingerprint density at radius 3 is 2.25 bits per heavy atom. The van der Waals surface area contributed by atoms with Crippen LogP contribution < -0.4 is 25.1 Å². The van der Waals surface area contributed by atoms with Crippen LogP contribution in [-0.2, 0) is 0 Å². The second-order valence-electron chi connectivity index (χ2n) is 6.51. The molecule has 0 saturated heterocycles. The lowest BCUT2D eigenvalue weighted by molar-refractivity contribution is 0.0844. The Hall–Kier alpha value is -3.22. The van der Waals surface area contributed by atoms with Crippen molar-refractivity contribution in [3.8, 4) is 17.2 Å². The van der Waals surface area contributed by atoms with Crippen LogP contribution in [0.1, 0.15) is 41.0 Å². The van der Waals surface area contributed by atoms with Crippen molar-refractivity contribution in [2.24, 2.45) is 5.92 Å². The molecule has 0 spiro atoms. The number of carbonyl (C=O) groups is 2. The second-order valence-corrected chi connectivity index (χ2v) is 6.51. The fourth-order valence-electron chi connectivity index (χ4n) is 2.42. The molecule has 0 fully saturated rings. The van der Waals surface area contributed by atoms with Crippen molar-refractivity contribution in [3.63, 3.8) is 0 Å². The molecule has 2 N–H and O–H groups in total. The number of carbonyl (C=O) groups excluding carboxylic acids is 2. The van der Waals surface area contributed by atoms with E-state index in [1.165, 1.54) is 14.2 Å². The van der Waals surface area contributed by atoms with Gasteiger partial charge in [0.15, 0.2) is 11.5 Å². The predicted octanol–water partition coefficient (Wildman–Crippen LogP) is 3.20. The number of hydrogen-bond acceptors (Lipinski definition) is 5. The smallest absolute Gasteiger partial charge is 0.273 e. The third-order valence-corrected chi connectivity index (χ3v) is 4.02. The standard InChI is InChI=1S/C21H26N2O5/c1-14(2)11-12-28-18-10-9-15(13-19(18)27-4)20(24)22-23-21(25)16-7-5-6-8-17(16)26-3/h5-10,13-14H,11-12H2,1-4H3,(H,22,24)(H,23,25). The Balaban J connectivity index is 2.00. The fraction of sp³-hybridized carbons (Fsp3) is 0.333. The highest BCUT2D eigenvalue weighted by Gasteiger charge is 2.15. The molecule has 2 aromatic rings. The maximum Gasteiger partial charge on any atom is 0.273 e. The van der Waals surface area contributed by atoms with E-state index in [4.69, 9.17) is 14.2 Å². The van der Waals surface area contributed by atoms with Gasteiger partial charge < -0.3 is 14.2 Å². The molecule has 0 aliphatic rings. The normalized spacial score (nSPS) is 10.3. The average molecular weight is 386 g/mol. The van der Waals surface area contributed by atoms with E-state index < -0.39 is 11.8 Å². The van der Waals surface area contributed by atoms with Crippen LogP contribution in [0.4, 0.5) is 0 Å². The summed E-state index contributed by atoms with van der Waals surface area (Å²) in [6.07, 6.45) is 0.917. The third-order valence-electron chi connectivity index (χ3n) is 4.02. The predicted molar refractivity (Wildman–Crippen MR) is 106 cm³/mol. The van der Waals surface area contributed by atoms with E-state index in [0.717, 1.165) is 6.42 Å². The van der Waals surface area contributed by atoms with Crippen molar-refractivity contribution in [2.75, 3.05) is 20.8 Å². The first kappa shape index (κ1) is 21.1. The second kappa shape index (κ2) is 10.2. The van der Waals surface area contributed by atoms with Gasteiger partial charge in [0, 0.05) is 5.56 Å². The van der Waals surface area contributed by atoms with E-state index in [0.29, 0.717) is 40.9 Å². The molecule has 2 amide bonds. The molecule has 2 rings (SSSR count). The molecule has 0 bridgehead atoms. The fourth-order valence-corrected chi connectivity index (χ4v) is 2.42. The first-order valence-electron chi connectivity index (χ1n) is 9.00. The van der Waals surface area contributed by atoms with Crippen molar-refractivity contribution in [2.45, 2.75) is 20.3 Å². The van der Waals surface area contributed by atoms with Gasteiger partial charge >= 0.3 is 0 Å². The lowest BCUT2D eigenvalue weighted by Crippen LogP contribution is -2.41. The van der Waals surface area contributed by atoms with Gasteiger partial charge in [0.2, 0.25) is 0 Å². The van der Waals surface area contributed by atoms with Crippen molar-refractivity contribution in [1.29, 1.82) is 0 Å². The molecular formula is C21H26N2O5. The molecule has 7 nitrogen and oxygen atoms in total. The molecule has 0 saturated carbocycles. The van der Waals surface area contributed by atoms with E-state index in [9.17, 15) is 9.59 Å². The minimum Gasteiger partial charge on any atom is -0.496 e. The highest BCUT2D eigenvalue weighted by molar-refractivity contribution is 6.00. The summed E-state index contributed by atoms with van der Waals surface area (Å²) < 4.78 is 16.2. The average Bonchev–Trinajstić information content (AvgIpc) is 2.71. The van der Waals surface area contributed by atoms with Gasteiger partial charge in [-0.25, -0.2) is 0 Å². The number of methoxy groups -OCH3 is 2. The van der Waals surface area contributed by atoms with E-state index >= 15 is 0 Å². The van der Waals surface area contributed by atoms with Gasteiger partial charge in [-0.05, 0) is 42.7 Å². The van der Waals surface area contributed by atoms with Crippen molar-refractivity contribution in [1.82, 2.24) is 10.9 Å². The van der Waals surface area contributed by atoms with Crippen LogP contribution in [0.2, 0.25) is 0 Å². The van der Waals surface area contributed by atoms with E-state index in [-0.39, 0.29) is 0 Å². The van der Waals surface area contributed by atoms with Crippen molar-refractivity contribution >= 4 is 11.8 Å². The minimum atomic E-state index is -0.480. The zero-order chi connectivity index (χ0) is 20.5. The maximum absolute atomic E-state index is 12.4. The lowest BCUT2D eigenvalue weighted by atomic mass is 10.1. The van der Waals surface area contributed by atoms with Gasteiger partial charge in [-0.1, -0.05) is 26.0 Å². The molecule has 0 aromatic heterocycles. The zero-order valence-electron chi connectivity index (χ0n) is 16.6. The van der Waals surface area contributed by atoms with E-state index in [1.807, 2.05) is 0 Å². The number of rotatable bonds is 8. The molecule has 7 heteroatoms. The van der Waals surface area contributed by atoms with Crippen LogP contribution in [0, 0.1) is 5.92 Å². The molecule has 0 aliphatic heterocycles. The summed E-state index contributed by atoms with van der Waals surface area (Å²) in [5.74, 6) is 1.01. The molecule has 0 atom stereocenters. The highest BCUT2D eigenvalue weighted by Crippen LogP contribution is 2.28. The summed E-state index contributed by atoms with van der Waals surface area (Å²) in [5.41, 5.74) is 5.41. The van der Waals surface area contributed by atoms with E-state index in [2.05, 4.69) is 24.7 Å². The van der Waals surface area contributed by atoms with Gasteiger partial charge in [0.1, 0.15) is 5.75 Å². The van der Waals surface area contributed by atoms with Crippen molar-refractivity contribution < 1.29 is 23.8 Å². The SMILES string of the molecule is COc1cc(C(=O)NNC(=O)c2ccccc2OC)ccc1OCCC(C)C. The number of benzene rings is 2. The van der Waals surface area contributed by atoms with Crippen LogP contribution in [0.15, 0.2) is 42.5 Å². The van der Waals surface area contributed by atoms with Crippen LogP contribution in [0.3, 0.4) is 0 Å². The molecule has 0 aliphatic carbocycles. The Bertz CT molecular complexity index is 820. The largest absolute Gasteiger partial charge is 0.496 e. The first-order chi connectivity index (χ1) is 13.5. The minimum absolute atomic E-state index is 0.316. The molecule has 150 valence electrons. The first-order valence-corrected chi connectivity index (χ1v) is 9.00. The number of hydrogen-bond donors (Lipinski definition) is 2. The number of amides is 2. The quantitative estimate of drug-likeness (QED) is 0.681. The number of hydrazine groups is 1. The maximum atomic E-state index is 12.4. The van der Waals surface area contributed by atoms with Gasteiger partial charge in [-0.3, -0.25) is 20.4 Å². The van der Waals surface area contributed by atoms with Crippen LogP contribution in [-0.4, -0.2) is 32.6 Å². The summed E-state index contributed by atoms with van der Waals surface area (Å²) >= 11 is 0. The molecule has 0 radical (unpaired) electrons. The van der Waals surface area contributed by atoms with Crippen LogP contribution >= 0.6 is 0 Å². The number of ether oxygens (including phenoxy) is 3. The lowest BCUT2D eigenvalue weighted by Gasteiger charge is -2.13. The van der Waals surface area contributed by atoms with E-state index in [1.54, 1.807) is 42.5 Å². The number of nitrogens with one attached hydrogen (secondary N) is 2. The molecule has 28 heavy (non-hydrogen) atoms. The Morgan fingerprint density at radius 1 is 0.893 bits per heavy atom. The van der Waals surface area contributed by atoms with Gasteiger partial charge in [0.25, 0.3) is 11.8 Å².